The van der Waals surface area contributed by atoms with Gasteiger partial charge < -0.3 is 5.32 Å². The fraction of sp³-hybridized carbons (Fsp3) is 0. The lowest BCUT2D eigenvalue weighted by Gasteiger charge is -2.13. The maximum absolute atomic E-state index is 12.6. The number of para-hydroxylation sites is 1. The first-order valence-electron chi connectivity index (χ1n) is 7.20. The zero-order valence-electron chi connectivity index (χ0n) is 12.8. The highest BCUT2D eigenvalue weighted by Gasteiger charge is 2.17. The Morgan fingerprint density at radius 2 is 1.80 bits per heavy atom. The molecule has 3 rings (SSSR count). The number of thiophene rings is 1. The number of hydrogen-bond donors (Lipinski definition) is 3. The van der Waals surface area contributed by atoms with Gasteiger partial charge in [0.15, 0.2) is 0 Å². The van der Waals surface area contributed by atoms with E-state index in [-0.39, 0.29) is 4.90 Å². The molecule has 0 fully saturated rings. The highest BCUT2D eigenvalue weighted by atomic mass is 32.2. The van der Waals surface area contributed by atoms with Crippen molar-refractivity contribution in [1.29, 1.82) is 0 Å². The third-order valence-electron chi connectivity index (χ3n) is 3.40. The second-order valence-electron chi connectivity index (χ2n) is 5.12. The first kappa shape index (κ1) is 17.5. The third kappa shape index (κ3) is 4.22. The molecule has 0 saturated carbocycles. The lowest BCUT2D eigenvalue weighted by atomic mass is 10.1. The normalized spacial score (nSPS) is 11.1. The molecule has 2 aromatic carbocycles. The van der Waals surface area contributed by atoms with Crippen molar-refractivity contribution in [2.45, 2.75) is 4.90 Å². The van der Waals surface area contributed by atoms with E-state index < -0.39 is 15.3 Å². The minimum Gasteiger partial charge on any atom is -0.316 e. The maximum Gasteiger partial charge on any atom is 0.280 e. The van der Waals surface area contributed by atoms with Crippen LogP contribution >= 0.6 is 24.0 Å². The molecule has 1 amide bonds. The monoisotopic (exact) mass is 390 g/mol. The molecule has 0 aliphatic rings. The molecule has 2 N–H and O–H groups in total. The molecule has 0 saturated heterocycles. The van der Waals surface area contributed by atoms with Crippen molar-refractivity contribution in [2.75, 3.05) is 10.0 Å². The molecule has 128 valence electrons. The van der Waals surface area contributed by atoms with Crippen LogP contribution in [-0.4, -0.2) is 13.7 Å². The van der Waals surface area contributed by atoms with Crippen LogP contribution in [0.2, 0.25) is 0 Å². The number of benzene rings is 2. The number of sulfonamides is 1. The molecule has 0 bridgehead atoms. The van der Waals surface area contributed by atoms with E-state index in [1.807, 2.05) is 16.8 Å². The molecule has 8 heteroatoms. The van der Waals surface area contributed by atoms with E-state index in [1.165, 1.54) is 23.5 Å². The smallest absolute Gasteiger partial charge is 0.280 e. The zero-order valence-corrected chi connectivity index (χ0v) is 15.4. The Morgan fingerprint density at radius 3 is 2.44 bits per heavy atom. The minimum atomic E-state index is -3.78. The summed E-state index contributed by atoms with van der Waals surface area (Å²) in [5.41, 5.74) is 2.46. The van der Waals surface area contributed by atoms with Crippen LogP contribution in [0, 0.1) is 0 Å². The molecular weight excluding hydrogens is 376 g/mol. The Balaban J connectivity index is 2.01. The first-order valence-corrected chi connectivity index (χ1v) is 10.1. The Labute approximate surface area is 155 Å². The Morgan fingerprint density at radius 1 is 1.04 bits per heavy atom. The van der Waals surface area contributed by atoms with Gasteiger partial charge in [-0.2, -0.15) is 11.3 Å². The average Bonchev–Trinajstić information content (AvgIpc) is 3.09. The van der Waals surface area contributed by atoms with Crippen LogP contribution in [0.1, 0.15) is 0 Å². The van der Waals surface area contributed by atoms with E-state index in [0.717, 1.165) is 11.1 Å². The minimum absolute atomic E-state index is 0.0485. The van der Waals surface area contributed by atoms with E-state index in [4.69, 9.17) is 0 Å². The number of rotatable bonds is 5. The highest BCUT2D eigenvalue weighted by Crippen LogP contribution is 2.32. The Kier molecular flexibility index (Phi) is 5.12. The summed E-state index contributed by atoms with van der Waals surface area (Å²) < 4.78 is 27.7. The number of carbonyl (C=O) groups excluding carboxylic acids is 1. The highest BCUT2D eigenvalue weighted by molar-refractivity contribution is 7.96. The Bertz CT molecular complexity index is 985. The van der Waals surface area contributed by atoms with Gasteiger partial charge in [-0.1, -0.05) is 36.9 Å². The molecule has 5 nitrogen and oxygen atoms in total. The van der Waals surface area contributed by atoms with E-state index in [0.29, 0.717) is 11.4 Å². The molecule has 0 atom stereocenters. The lowest BCUT2D eigenvalue weighted by molar-refractivity contribution is 0.270. The van der Waals surface area contributed by atoms with Gasteiger partial charge in [-0.05, 0) is 46.7 Å². The third-order valence-corrected chi connectivity index (χ3v) is 5.58. The van der Waals surface area contributed by atoms with Gasteiger partial charge in [0, 0.05) is 11.3 Å². The van der Waals surface area contributed by atoms with Crippen LogP contribution in [0.5, 0.6) is 0 Å². The maximum atomic E-state index is 12.6. The Hall–Kier alpha value is -2.29. The lowest BCUT2D eigenvalue weighted by Crippen LogP contribution is -2.13. The predicted molar refractivity (Wildman–Crippen MR) is 105 cm³/mol. The number of nitrogens with one attached hydrogen (secondary N) is 2. The average molecular weight is 391 g/mol. The SMILES string of the molecule is O=C(S)Nc1cc(S(=O)(=O)Nc2ccccc2)ccc1-c1ccsc1. The summed E-state index contributed by atoms with van der Waals surface area (Å²) in [6.07, 6.45) is 0. The molecule has 0 aliphatic carbocycles. The van der Waals surface area contributed by atoms with Crippen molar-refractivity contribution in [1.82, 2.24) is 0 Å². The fourth-order valence-electron chi connectivity index (χ4n) is 2.30. The largest absolute Gasteiger partial charge is 0.316 e. The van der Waals surface area contributed by atoms with Crippen LogP contribution in [0.4, 0.5) is 16.2 Å². The molecule has 1 heterocycles. The first-order chi connectivity index (χ1) is 12.0. The van der Waals surface area contributed by atoms with Crippen LogP contribution in [0.25, 0.3) is 11.1 Å². The second-order valence-corrected chi connectivity index (χ2v) is 7.99. The van der Waals surface area contributed by atoms with Gasteiger partial charge in [0.1, 0.15) is 0 Å². The molecule has 0 spiro atoms. The van der Waals surface area contributed by atoms with E-state index in [2.05, 4.69) is 22.7 Å². The number of hydrogen-bond acceptors (Lipinski definition) is 4. The number of anilines is 2. The summed E-state index contributed by atoms with van der Waals surface area (Å²) >= 11 is 5.24. The summed E-state index contributed by atoms with van der Waals surface area (Å²) in [4.78, 5) is 11.4. The number of thiol groups is 1. The predicted octanol–water partition coefficient (Wildman–Crippen LogP) is 4.68. The fourth-order valence-corrected chi connectivity index (χ4v) is 4.16. The van der Waals surface area contributed by atoms with E-state index in [1.54, 1.807) is 36.4 Å². The van der Waals surface area contributed by atoms with Crippen molar-refractivity contribution in [3.63, 3.8) is 0 Å². The van der Waals surface area contributed by atoms with Gasteiger partial charge in [0.05, 0.1) is 10.6 Å². The second kappa shape index (κ2) is 7.30. The van der Waals surface area contributed by atoms with Crippen molar-refractivity contribution in [2.24, 2.45) is 0 Å². The molecule has 0 aliphatic heterocycles. The topological polar surface area (TPSA) is 75.3 Å². The van der Waals surface area contributed by atoms with Gasteiger partial charge >= 0.3 is 0 Å². The van der Waals surface area contributed by atoms with Crippen LogP contribution < -0.4 is 10.0 Å². The van der Waals surface area contributed by atoms with E-state index >= 15 is 0 Å². The molecular formula is C17H14N2O3S3. The zero-order chi connectivity index (χ0) is 17.9. The standard InChI is InChI=1S/C17H14N2O3S3/c20-17(23)18-16-10-14(6-7-15(16)12-8-9-24-11-12)25(21,22)19-13-4-2-1-3-5-13/h1-11,19H,(H2,18,20,23). The summed E-state index contributed by atoms with van der Waals surface area (Å²) in [6, 6.07) is 15.1. The molecule has 1 aromatic heterocycles. The van der Waals surface area contributed by atoms with Gasteiger partial charge in [-0.25, -0.2) is 8.42 Å². The number of carbonyl (C=O) groups is 1. The molecule has 0 radical (unpaired) electrons. The quantitative estimate of drug-likeness (QED) is 0.554. The van der Waals surface area contributed by atoms with Gasteiger partial charge in [-0.3, -0.25) is 9.52 Å². The van der Waals surface area contributed by atoms with E-state index in [9.17, 15) is 13.2 Å². The summed E-state index contributed by atoms with van der Waals surface area (Å²) in [6.45, 7) is 0. The van der Waals surface area contributed by atoms with Crippen molar-refractivity contribution in [3.8, 4) is 11.1 Å². The summed E-state index contributed by atoms with van der Waals surface area (Å²) in [5, 5.41) is 5.83. The summed E-state index contributed by atoms with van der Waals surface area (Å²) in [7, 11) is -3.78. The molecule has 3 aromatic rings. The van der Waals surface area contributed by atoms with Crippen molar-refractivity contribution >= 4 is 50.6 Å². The van der Waals surface area contributed by atoms with Crippen molar-refractivity contribution in [3.05, 3.63) is 65.4 Å². The summed E-state index contributed by atoms with van der Waals surface area (Å²) in [5.74, 6) is 0. The number of amides is 1. The molecule has 0 unspecified atom stereocenters. The van der Waals surface area contributed by atoms with Crippen LogP contribution in [0.15, 0.2) is 70.3 Å². The van der Waals surface area contributed by atoms with Crippen LogP contribution in [0.3, 0.4) is 0 Å². The van der Waals surface area contributed by atoms with Gasteiger partial charge in [0.2, 0.25) is 0 Å². The van der Waals surface area contributed by atoms with Gasteiger partial charge in [-0.15, -0.1) is 0 Å². The molecule has 25 heavy (non-hydrogen) atoms. The van der Waals surface area contributed by atoms with Gasteiger partial charge in [0.25, 0.3) is 15.3 Å². The van der Waals surface area contributed by atoms with Crippen molar-refractivity contribution < 1.29 is 13.2 Å². The van der Waals surface area contributed by atoms with Crippen LogP contribution in [-0.2, 0) is 10.0 Å².